The van der Waals surface area contributed by atoms with Gasteiger partial charge < -0.3 is 33.8 Å². The van der Waals surface area contributed by atoms with Gasteiger partial charge >= 0.3 is 39.5 Å². The van der Waals surface area contributed by atoms with Crippen molar-refractivity contribution in [2.75, 3.05) is 39.6 Å². The van der Waals surface area contributed by atoms with Crippen molar-refractivity contribution in [2.45, 2.75) is 356 Å². The van der Waals surface area contributed by atoms with Crippen LogP contribution in [-0.4, -0.2) is 96.7 Å². The Bertz CT molecular complexity index is 1750. The number of hydrogen-bond acceptors (Lipinski definition) is 15. The van der Waals surface area contributed by atoms with Crippen LogP contribution in [0, 0.1) is 23.7 Å². The van der Waals surface area contributed by atoms with Crippen LogP contribution in [0.1, 0.15) is 338 Å². The van der Waals surface area contributed by atoms with E-state index in [1.807, 2.05) is 0 Å². The Morgan fingerprint density at radius 1 is 0.284 bits per heavy atom. The average molecular weight is 1300 g/mol. The van der Waals surface area contributed by atoms with Gasteiger partial charge in [-0.1, -0.05) is 287 Å². The molecule has 17 nitrogen and oxygen atoms in total. The van der Waals surface area contributed by atoms with Gasteiger partial charge in [-0.25, -0.2) is 9.13 Å². The molecule has 0 rings (SSSR count). The molecule has 88 heavy (non-hydrogen) atoms. The molecule has 0 heterocycles. The zero-order valence-electron chi connectivity index (χ0n) is 57.3. The fraction of sp³-hybridized carbons (Fsp3) is 0.942. The molecule has 0 radical (unpaired) electrons. The second-order valence-electron chi connectivity index (χ2n) is 26.8. The Kier molecular flexibility index (Phi) is 57.6. The van der Waals surface area contributed by atoms with Crippen molar-refractivity contribution in [3.63, 3.8) is 0 Å². The maximum atomic E-state index is 13.0. The van der Waals surface area contributed by atoms with Gasteiger partial charge in [-0.3, -0.25) is 37.3 Å². The summed E-state index contributed by atoms with van der Waals surface area (Å²) in [4.78, 5) is 72.4. The Labute approximate surface area is 537 Å². The van der Waals surface area contributed by atoms with E-state index < -0.39 is 97.5 Å². The van der Waals surface area contributed by atoms with E-state index in [1.165, 1.54) is 135 Å². The Morgan fingerprint density at radius 3 is 0.705 bits per heavy atom. The van der Waals surface area contributed by atoms with Gasteiger partial charge in [-0.15, -0.1) is 0 Å². The molecule has 0 bridgehead atoms. The molecule has 522 valence electrons. The summed E-state index contributed by atoms with van der Waals surface area (Å²) in [6, 6.07) is 0. The van der Waals surface area contributed by atoms with Crippen LogP contribution < -0.4 is 0 Å². The third-order valence-electron chi connectivity index (χ3n) is 15.8. The Balaban J connectivity index is 5.24. The molecule has 0 amide bonds. The molecule has 0 aromatic carbocycles. The van der Waals surface area contributed by atoms with Crippen molar-refractivity contribution in [3.8, 4) is 0 Å². The van der Waals surface area contributed by atoms with E-state index in [2.05, 4.69) is 55.4 Å². The van der Waals surface area contributed by atoms with Crippen molar-refractivity contribution in [1.82, 2.24) is 0 Å². The van der Waals surface area contributed by atoms with Gasteiger partial charge in [0, 0.05) is 25.7 Å². The molecule has 0 aromatic rings. The second-order valence-corrected chi connectivity index (χ2v) is 29.7. The number of aliphatic hydroxyl groups is 1. The minimum absolute atomic E-state index is 0.102. The van der Waals surface area contributed by atoms with Crippen LogP contribution in [0.25, 0.3) is 0 Å². The van der Waals surface area contributed by atoms with Crippen molar-refractivity contribution in [1.29, 1.82) is 0 Å². The lowest BCUT2D eigenvalue weighted by Crippen LogP contribution is -2.30. The molecule has 5 atom stereocenters. The number of phosphoric acid groups is 2. The van der Waals surface area contributed by atoms with Crippen molar-refractivity contribution in [3.05, 3.63) is 0 Å². The smallest absolute Gasteiger partial charge is 0.462 e. The summed E-state index contributed by atoms with van der Waals surface area (Å²) in [5.74, 6) is 0.786. The lowest BCUT2D eigenvalue weighted by atomic mass is 10.0. The van der Waals surface area contributed by atoms with Gasteiger partial charge in [0.15, 0.2) is 12.2 Å². The summed E-state index contributed by atoms with van der Waals surface area (Å²) in [7, 11) is -9.90. The predicted molar refractivity (Wildman–Crippen MR) is 354 cm³/mol. The number of rotatable bonds is 66. The summed E-state index contributed by atoms with van der Waals surface area (Å²) in [5.41, 5.74) is 0. The van der Waals surface area contributed by atoms with E-state index in [0.29, 0.717) is 37.5 Å². The highest BCUT2D eigenvalue weighted by Crippen LogP contribution is 2.45. The van der Waals surface area contributed by atoms with Gasteiger partial charge in [0.25, 0.3) is 0 Å². The topological polar surface area (TPSA) is 237 Å². The molecule has 0 aromatic heterocycles. The first-order valence-corrected chi connectivity index (χ1v) is 38.7. The van der Waals surface area contributed by atoms with E-state index >= 15 is 0 Å². The third-order valence-corrected chi connectivity index (χ3v) is 17.7. The monoisotopic (exact) mass is 1300 g/mol. The average Bonchev–Trinajstić information content (AvgIpc) is 3.35. The highest BCUT2D eigenvalue weighted by molar-refractivity contribution is 7.47. The van der Waals surface area contributed by atoms with E-state index in [-0.39, 0.29) is 25.7 Å². The molecule has 0 aliphatic heterocycles. The molecule has 0 saturated carbocycles. The lowest BCUT2D eigenvalue weighted by molar-refractivity contribution is -0.161. The number of hydrogen-bond donors (Lipinski definition) is 3. The number of aliphatic hydroxyl groups excluding tert-OH is 1. The van der Waals surface area contributed by atoms with Crippen LogP contribution in [0.3, 0.4) is 0 Å². The molecule has 0 aliphatic rings. The molecule has 0 saturated heterocycles. The van der Waals surface area contributed by atoms with E-state index in [1.54, 1.807) is 0 Å². The number of carbonyl (C=O) groups is 4. The molecular formula is C69H134O17P2. The first-order chi connectivity index (χ1) is 42.1. The molecule has 0 spiro atoms. The lowest BCUT2D eigenvalue weighted by Gasteiger charge is -2.21. The predicted octanol–water partition coefficient (Wildman–Crippen LogP) is 19.3. The second kappa shape index (κ2) is 58.8. The molecule has 0 aliphatic carbocycles. The number of esters is 4. The summed E-state index contributed by atoms with van der Waals surface area (Å²) in [5, 5.41) is 10.6. The highest BCUT2D eigenvalue weighted by Gasteiger charge is 2.30. The third kappa shape index (κ3) is 62.8. The Hall–Kier alpha value is -1.94. The van der Waals surface area contributed by atoms with E-state index in [0.717, 1.165) is 108 Å². The molecule has 0 fully saturated rings. The minimum atomic E-state index is -4.95. The summed E-state index contributed by atoms with van der Waals surface area (Å²) >= 11 is 0. The SMILES string of the molecule is CC(C)CCCCCCCCCCCCCCCC(=O)O[C@H](COC(=O)CCCCCCCCCCCCC(C)C)COP(=O)(O)OC[C@@H](O)COP(=O)(O)OC[C@@H](COC(=O)CCCCCCCCC(C)C)OC(=O)CCCCCCCCCC(C)C. The number of carbonyl (C=O) groups excluding carboxylic acids is 4. The van der Waals surface area contributed by atoms with Gasteiger partial charge in [0.05, 0.1) is 26.4 Å². The van der Waals surface area contributed by atoms with Crippen LogP contribution in [0.4, 0.5) is 0 Å². The summed E-state index contributed by atoms with van der Waals surface area (Å²) in [6.45, 7) is 14.0. The van der Waals surface area contributed by atoms with Crippen LogP contribution in [0.2, 0.25) is 0 Å². The summed E-state index contributed by atoms with van der Waals surface area (Å²) < 4.78 is 68.2. The largest absolute Gasteiger partial charge is 0.472 e. The van der Waals surface area contributed by atoms with E-state index in [4.69, 9.17) is 37.0 Å². The molecular weight excluding hydrogens is 1160 g/mol. The number of phosphoric ester groups is 2. The highest BCUT2D eigenvalue weighted by atomic mass is 31.2. The van der Waals surface area contributed by atoms with Crippen molar-refractivity contribution >= 4 is 39.5 Å². The van der Waals surface area contributed by atoms with Crippen LogP contribution in [0.5, 0.6) is 0 Å². The van der Waals surface area contributed by atoms with Crippen LogP contribution in [-0.2, 0) is 65.4 Å². The fourth-order valence-corrected chi connectivity index (χ4v) is 11.9. The van der Waals surface area contributed by atoms with Gasteiger partial charge in [-0.2, -0.15) is 0 Å². The normalized spacial score (nSPS) is 14.3. The van der Waals surface area contributed by atoms with Crippen molar-refractivity contribution < 1.29 is 80.2 Å². The number of ether oxygens (including phenoxy) is 4. The van der Waals surface area contributed by atoms with Gasteiger partial charge in [0.2, 0.25) is 0 Å². The van der Waals surface area contributed by atoms with Gasteiger partial charge in [0.1, 0.15) is 19.3 Å². The Morgan fingerprint density at radius 2 is 0.477 bits per heavy atom. The molecule has 3 N–H and O–H groups in total. The fourth-order valence-electron chi connectivity index (χ4n) is 10.3. The van der Waals surface area contributed by atoms with Gasteiger partial charge in [-0.05, 0) is 49.4 Å². The molecule has 2 unspecified atom stereocenters. The first kappa shape index (κ1) is 86.1. The molecule has 19 heteroatoms. The quantitative estimate of drug-likeness (QED) is 0.0222. The standard InChI is InChI=1S/C69H134O17P2/c1-59(2)45-37-29-21-16-12-10-9-11-13-19-25-35-43-51-68(73)85-64(55-79-66(71)49-41-33-24-18-15-14-17-22-30-38-46-60(3)4)57-83-87(75,76)81-53-63(70)54-82-88(77,78)84-58-65(56-80-67(72)50-42-34-28-27-32-40-48-62(7)8)86-69(74)52-44-36-26-20-23-31-39-47-61(5)6/h59-65,70H,9-58H2,1-8H3,(H,75,76)(H,77,78)/t63-,64-,65-/m1/s1. The van der Waals surface area contributed by atoms with E-state index in [9.17, 15) is 43.2 Å². The maximum absolute atomic E-state index is 13.0. The zero-order chi connectivity index (χ0) is 65.4. The minimum Gasteiger partial charge on any atom is -0.462 e. The maximum Gasteiger partial charge on any atom is 0.472 e. The zero-order valence-corrected chi connectivity index (χ0v) is 59.1. The first-order valence-electron chi connectivity index (χ1n) is 35.7. The van der Waals surface area contributed by atoms with Crippen LogP contribution in [0.15, 0.2) is 0 Å². The number of unbranched alkanes of at least 4 members (excludes halogenated alkanes) is 32. The summed E-state index contributed by atoms with van der Waals surface area (Å²) in [6.07, 6.45) is 40.6. The van der Waals surface area contributed by atoms with Crippen LogP contribution >= 0.6 is 15.6 Å². The van der Waals surface area contributed by atoms with Crippen molar-refractivity contribution in [2.24, 2.45) is 23.7 Å².